The van der Waals surface area contributed by atoms with Gasteiger partial charge in [0, 0.05) is 11.4 Å². The third-order valence-corrected chi connectivity index (χ3v) is 5.50. The zero-order valence-corrected chi connectivity index (χ0v) is 16.6. The minimum Gasteiger partial charge on any atom is -0.464 e. The van der Waals surface area contributed by atoms with Crippen molar-refractivity contribution in [3.05, 3.63) is 34.9 Å². The van der Waals surface area contributed by atoms with Crippen molar-refractivity contribution in [1.82, 2.24) is 0 Å². The van der Waals surface area contributed by atoms with Crippen molar-refractivity contribution in [2.75, 3.05) is 6.61 Å². The Hall–Kier alpha value is -1.06. The van der Waals surface area contributed by atoms with Gasteiger partial charge in [0.2, 0.25) is 0 Å². The number of halogens is 1. The number of esters is 1. The molecular weight excluding hydrogens is 336 g/mol. The first kappa shape index (κ1) is 20.3. The Bertz CT molecular complexity index is 547. The first-order chi connectivity index (χ1) is 11.8. The fraction of sp³-hybridized carbons (Fsp3) is 0.667. The highest BCUT2D eigenvalue weighted by Crippen LogP contribution is 2.34. The van der Waals surface area contributed by atoms with Gasteiger partial charge in [0.15, 0.2) is 5.60 Å². The molecule has 0 amide bonds. The van der Waals surface area contributed by atoms with E-state index in [0.29, 0.717) is 24.0 Å². The summed E-state index contributed by atoms with van der Waals surface area (Å²) in [4.78, 5) is 12.6. The first-order valence-electron chi connectivity index (χ1n) is 9.43. The van der Waals surface area contributed by atoms with E-state index in [2.05, 4.69) is 13.8 Å². The van der Waals surface area contributed by atoms with Gasteiger partial charge in [-0.15, -0.1) is 0 Å². The van der Waals surface area contributed by atoms with Crippen molar-refractivity contribution >= 4 is 17.6 Å². The number of carbonyl (C=O) groups is 1. The van der Waals surface area contributed by atoms with Crippen LogP contribution in [0, 0.1) is 11.8 Å². The first-order valence-corrected chi connectivity index (χ1v) is 9.81. The summed E-state index contributed by atoms with van der Waals surface area (Å²) in [5.41, 5.74) is 0.0648. The average Bonchev–Trinajstić information content (AvgIpc) is 2.57. The van der Waals surface area contributed by atoms with E-state index in [1.807, 2.05) is 38.1 Å². The van der Waals surface area contributed by atoms with Crippen molar-refractivity contribution in [1.29, 1.82) is 0 Å². The largest absolute Gasteiger partial charge is 0.464 e. The molecule has 0 radical (unpaired) electrons. The Balaban J connectivity index is 2.07. The monoisotopic (exact) mass is 366 g/mol. The Labute approximate surface area is 157 Å². The molecule has 140 valence electrons. The van der Waals surface area contributed by atoms with Crippen LogP contribution >= 0.6 is 11.6 Å². The number of benzene rings is 1. The molecule has 0 aromatic heterocycles. The number of hydrogen-bond acceptors (Lipinski definition) is 3. The van der Waals surface area contributed by atoms with E-state index in [0.717, 1.165) is 24.3 Å². The minimum atomic E-state index is -0.959. The summed E-state index contributed by atoms with van der Waals surface area (Å²) in [5, 5.41) is 0.689. The Kier molecular flexibility index (Phi) is 7.33. The SMILES string of the molecule is CCOC(=O)C(C)(Cc1ccc(Cl)cc1)OC1CCC(C(C)C)CC1. The van der Waals surface area contributed by atoms with E-state index in [9.17, 15) is 4.79 Å². The van der Waals surface area contributed by atoms with E-state index in [4.69, 9.17) is 21.1 Å². The number of hydrogen-bond donors (Lipinski definition) is 0. The highest BCUT2D eigenvalue weighted by Gasteiger charge is 2.39. The van der Waals surface area contributed by atoms with Gasteiger partial charge >= 0.3 is 5.97 Å². The molecule has 0 saturated heterocycles. The second-order valence-corrected chi connectivity index (χ2v) is 8.09. The maximum Gasteiger partial charge on any atom is 0.338 e. The fourth-order valence-electron chi connectivity index (χ4n) is 3.68. The minimum absolute atomic E-state index is 0.122. The predicted molar refractivity (Wildman–Crippen MR) is 102 cm³/mol. The normalized spacial score (nSPS) is 23.3. The summed E-state index contributed by atoms with van der Waals surface area (Å²) in [6, 6.07) is 7.57. The average molecular weight is 367 g/mol. The lowest BCUT2D eigenvalue weighted by Crippen LogP contribution is -2.45. The van der Waals surface area contributed by atoms with Gasteiger partial charge in [-0.1, -0.05) is 37.6 Å². The van der Waals surface area contributed by atoms with Gasteiger partial charge in [0.05, 0.1) is 12.7 Å². The summed E-state index contributed by atoms with van der Waals surface area (Å²) >= 11 is 5.97. The van der Waals surface area contributed by atoms with Crippen LogP contribution in [0.5, 0.6) is 0 Å². The molecule has 4 heteroatoms. The van der Waals surface area contributed by atoms with Crippen LogP contribution in [0.3, 0.4) is 0 Å². The smallest absolute Gasteiger partial charge is 0.338 e. The fourth-order valence-corrected chi connectivity index (χ4v) is 3.80. The molecule has 3 nitrogen and oxygen atoms in total. The van der Waals surface area contributed by atoms with Gasteiger partial charge < -0.3 is 9.47 Å². The van der Waals surface area contributed by atoms with Crippen LogP contribution in [0.15, 0.2) is 24.3 Å². The van der Waals surface area contributed by atoms with Crippen molar-refractivity contribution < 1.29 is 14.3 Å². The van der Waals surface area contributed by atoms with Gasteiger partial charge in [0.1, 0.15) is 0 Å². The third-order valence-electron chi connectivity index (χ3n) is 5.25. The zero-order valence-electron chi connectivity index (χ0n) is 15.9. The van der Waals surface area contributed by atoms with Crippen molar-refractivity contribution in [3.8, 4) is 0 Å². The molecule has 1 aliphatic rings. The molecule has 1 saturated carbocycles. The highest BCUT2D eigenvalue weighted by atomic mass is 35.5. The third kappa shape index (κ3) is 5.72. The lowest BCUT2D eigenvalue weighted by molar-refractivity contribution is -0.180. The van der Waals surface area contributed by atoms with Crippen LogP contribution in [0.2, 0.25) is 5.02 Å². The molecular formula is C21H31ClO3. The van der Waals surface area contributed by atoms with Crippen LogP contribution < -0.4 is 0 Å². The summed E-state index contributed by atoms with van der Waals surface area (Å²) in [7, 11) is 0. The maximum atomic E-state index is 12.6. The Morgan fingerprint density at radius 2 is 1.80 bits per heavy atom. The molecule has 25 heavy (non-hydrogen) atoms. The topological polar surface area (TPSA) is 35.5 Å². The molecule has 0 spiro atoms. The molecule has 1 aliphatic carbocycles. The van der Waals surface area contributed by atoms with Crippen LogP contribution in [0.25, 0.3) is 0 Å². The number of carbonyl (C=O) groups excluding carboxylic acids is 1. The van der Waals surface area contributed by atoms with E-state index in [1.165, 1.54) is 12.8 Å². The molecule has 1 atom stereocenters. The molecule has 1 aromatic carbocycles. The van der Waals surface area contributed by atoms with E-state index in [-0.39, 0.29) is 12.1 Å². The van der Waals surface area contributed by atoms with Crippen LogP contribution in [0.1, 0.15) is 58.9 Å². The number of rotatable bonds is 7. The van der Waals surface area contributed by atoms with Crippen molar-refractivity contribution in [2.24, 2.45) is 11.8 Å². The number of ether oxygens (including phenoxy) is 2. The Morgan fingerprint density at radius 3 is 2.32 bits per heavy atom. The van der Waals surface area contributed by atoms with Crippen molar-refractivity contribution in [3.63, 3.8) is 0 Å². The van der Waals surface area contributed by atoms with Crippen LogP contribution in [0.4, 0.5) is 0 Å². The van der Waals surface area contributed by atoms with Crippen LogP contribution in [-0.4, -0.2) is 24.3 Å². The summed E-state index contributed by atoms with van der Waals surface area (Å²) in [5.74, 6) is 1.20. The molecule has 0 aliphatic heterocycles. The second kappa shape index (κ2) is 9.05. The van der Waals surface area contributed by atoms with Gasteiger partial charge in [-0.3, -0.25) is 0 Å². The van der Waals surface area contributed by atoms with Gasteiger partial charge in [-0.05, 0) is 69.1 Å². The quantitative estimate of drug-likeness (QED) is 0.603. The lowest BCUT2D eigenvalue weighted by Gasteiger charge is -2.36. The van der Waals surface area contributed by atoms with E-state index >= 15 is 0 Å². The summed E-state index contributed by atoms with van der Waals surface area (Å²) in [6.07, 6.45) is 4.98. The molecule has 0 N–H and O–H groups in total. The van der Waals surface area contributed by atoms with Crippen LogP contribution in [-0.2, 0) is 20.7 Å². The molecule has 1 unspecified atom stereocenters. The molecule has 0 heterocycles. The zero-order chi connectivity index (χ0) is 18.4. The molecule has 0 bridgehead atoms. The Morgan fingerprint density at radius 1 is 1.20 bits per heavy atom. The molecule has 1 aromatic rings. The summed E-state index contributed by atoms with van der Waals surface area (Å²) in [6.45, 7) is 8.62. The lowest BCUT2D eigenvalue weighted by atomic mass is 9.80. The second-order valence-electron chi connectivity index (χ2n) is 7.65. The van der Waals surface area contributed by atoms with E-state index < -0.39 is 5.60 Å². The van der Waals surface area contributed by atoms with E-state index in [1.54, 1.807) is 0 Å². The molecule has 2 rings (SSSR count). The standard InChI is InChI=1S/C21H31ClO3/c1-5-24-20(23)21(4,14-16-6-10-18(22)11-7-16)25-19-12-8-17(9-13-19)15(2)3/h6-7,10-11,15,17,19H,5,8-9,12-14H2,1-4H3. The predicted octanol–water partition coefficient (Wildman–Crippen LogP) is 5.44. The highest BCUT2D eigenvalue weighted by molar-refractivity contribution is 6.30. The van der Waals surface area contributed by atoms with Gasteiger partial charge in [-0.2, -0.15) is 0 Å². The summed E-state index contributed by atoms with van der Waals surface area (Å²) < 4.78 is 11.7. The van der Waals surface area contributed by atoms with Gasteiger partial charge in [-0.25, -0.2) is 4.79 Å². The molecule has 1 fully saturated rings. The van der Waals surface area contributed by atoms with Gasteiger partial charge in [0.25, 0.3) is 0 Å². The van der Waals surface area contributed by atoms with Crippen molar-refractivity contribution in [2.45, 2.75) is 71.5 Å². The maximum absolute atomic E-state index is 12.6.